The van der Waals surface area contributed by atoms with Gasteiger partial charge in [-0.15, -0.1) is 22.7 Å². The molecule has 1 N–H and O–H groups in total. The smallest absolute Gasteiger partial charge is 0.278 e. The highest BCUT2D eigenvalue weighted by molar-refractivity contribution is 7.92. The number of aromatic nitrogens is 1. The van der Waals surface area contributed by atoms with Gasteiger partial charge in [0, 0.05) is 18.1 Å². The van der Waals surface area contributed by atoms with E-state index in [0.717, 1.165) is 22.4 Å². The fourth-order valence-corrected chi connectivity index (χ4v) is 5.51. The second-order valence-corrected chi connectivity index (χ2v) is 7.83. The van der Waals surface area contributed by atoms with E-state index in [1.807, 2.05) is 18.4 Å². The van der Waals surface area contributed by atoms with E-state index < -0.39 is 10.0 Å². The number of hydrogen-bond donors (Lipinski definition) is 1. The number of nitrogens with one attached hydrogen (secondary N) is 1. The molecule has 3 aromatic heterocycles. The summed E-state index contributed by atoms with van der Waals surface area (Å²) in [6.07, 6.45) is 1.67. The van der Waals surface area contributed by atoms with Crippen molar-refractivity contribution in [3.8, 4) is 0 Å². The van der Waals surface area contributed by atoms with Crippen LogP contribution >= 0.6 is 22.7 Å². The Labute approximate surface area is 119 Å². The van der Waals surface area contributed by atoms with E-state index in [1.165, 1.54) is 26.6 Å². The van der Waals surface area contributed by atoms with E-state index in [0.29, 0.717) is 4.21 Å². The van der Waals surface area contributed by atoms with Crippen molar-refractivity contribution in [1.82, 2.24) is 3.97 Å². The first-order chi connectivity index (χ1) is 9.14. The van der Waals surface area contributed by atoms with Gasteiger partial charge in [0.05, 0.1) is 5.69 Å². The van der Waals surface area contributed by atoms with Gasteiger partial charge in [0.25, 0.3) is 10.0 Å². The summed E-state index contributed by atoms with van der Waals surface area (Å²) in [5.74, 6) is 0. The highest BCUT2D eigenvalue weighted by atomic mass is 32.2. The van der Waals surface area contributed by atoms with Gasteiger partial charge in [0.2, 0.25) is 0 Å². The van der Waals surface area contributed by atoms with E-state index in [9.17, 15) is 8.42 Å². The minimum Gasteiger partial charge on any atom is -0.384 e. The lowest BCUT2D eigenvalue weighted by Crippen LogP contribution is -2.09. The summed E-state index contributed by atoms with van der Waals surface area (Å²) >= 11 is 2.67. The van der Waals surface area contributed by atoms with Crippen LogP contribution in [0.5, 0.6) is 0 Å². The number of hydrogen-bond acceptors (Lipinski definition) is 5. The molecule has 0 saturated carbocycles. The maximum absolute atomic E-state index is 12.6. The zero-order chi connectivity index (χ0) is 13.5. The Morgan fingerprint density at radius 1 is 1.26 bits per heavy atom. The van der Waals surface area contributed by atoms with Crippen molar-refractivity contribution in [3.05, 3.63) is 35.2 Å². The number of nitrogens with zero attached hydrogens (tertiary/aromatic N) is 1. The fourth-order valence-electron chi connectivity index (χ4n) is 1.94. The van der Waals surface area contributed by atoms with Crippen molar-refractivity contribution in [1.29, 1.82) is 0 Å². The van der Waals surface area contributed by atoms with Gasteiger partial charge >= 0.3 is 0 Å². The molecule has 3 rings (SSSR count). The Morgan fingerprint density at radius 3 is 2.79 bits per heavy atom. The maximum Gasteiger partial charge on any atom is 0.278 e. The van der Waals surface area contributed by atoms with Crippen LogP contribution < -0.4 is 5.32 Å². The first-order valence-corrected chi connectivity index (χ1v) is 8.96. The summed E-state index contributed by atoms with van der Waals surface area (Å²) < 4.78 is 26.9. The lowest BCUT2D eigenvalue weighted by atomic mass is 10.3. The Hall–Kier alpha value is -1.31. The van der Waals surface area contributed by atoms with Crippen LogP contribution in [0, 0.1) is 0 Å². The van der Waals surface area contributed by atoms with Crippen molar-refractivity contribution in [2.45, 2.75) is 11.1 Å². The summed E-state index contributed by atoms with van der Waals surface area (Å²) in [7, 11) is -3.48. The van der Waals surface area contributed by atoms with Crippen LogP contribution in [-0.2, 0) is 10.0 Å². The van der Waals surface area contributed by atoms with Crippen LogP contribution in [0.15, 0.2) is 39.4 Å². The molecule has 0 aromatic carbocycles. The zero-order valence-electron chi connectivity index (χ0n) is 10.2. The lowest BCUT2D eigenvalue weighted by Gasteiger charge is -2.03. The van der Waals surface area contributed by atoms with E-state index in [-0.39, 0.29) is 0 Å². The predicted octanol–water partition coefficient (Wildman–Crippen LogP) is 3.43. The lowest BCUT2D eigenvalue weighted by molar-refractivity contribution is 0.591. The number of thiophene rings is 2. The minimum absolute atomic E-state index is 0.362. The summed E-state index contributed by atoms with van der Waals surface area (Å²) in [4.78, 5) is 0.754. The van der Waals surface area contributed by atoms with E-state index >= 15 is 0 Å². The molecule has 0 amide bonds. The Morgan fingerprint density at radius 2 is 2.11 bits per heavy atom. The second-order valence-electron chi connectivity index (χ2n) is 3.95. The summed E-state index contributed by atoms with van der Waals surface area (Å²) in [5, 5.41) is 7.83. The molecular formula is C12H12N2O2S3. The van der Waals surface area contributed by atoms with Gasteiger partial charge in [-0.05, 0) is 29.8 Å². The molecule has 100 valence electrons. The Bertz CT molecular complexity index is 797. The van der Waals surface area contributed by atoms with Crippen LogP contribution in [0.1, 0.15) is 6.92 Å². The molecule has 3 heterocycles. The molecule has 0 unspecified atom stereocenters. The summed E-state index contributed by atoms with van der Waals surface area (Å²) in [5.41, 5.74) is 0.860. The molecule has 3 aromatic rings. The quantitative estimate of drug-likeness (QED) is 0.803. The average Bonchev–Trinajstić information content (AvgIpc) is 3.07. The van der Waals surface area contributed by atoms with Crippen LogP contribution in [0.2, 0.25) is 0 Å². The van der Waals surface area contributed by atoms with Gasteiger partial charge in [-0.2, -0.15) is 8.42 Å². The average molecular weight is 312 g/mol. The summed E-state index contributed by atoms with van der Waals surface area (Å²) in [6, 6.07) is 5.32. The summed E-state index contributed by atoms with van der Waals surface area (Å²) in [6.45, 7) is 2.75. The monoisotopic (exact) mass is 312 g/mol. The predicted molar refractivity (Wildman–Crippen MR) is 80.9 cm³/mol. The molecular weight excluding hydrogens is 300 g/mol. The SMILES string of the molecule is CCNc1cn(S(=O)(=O)c2cccs2)c2sccc12. The Kier molecular flexibility index (Phi) is 3.12. The van der Waals surface area contributed by atoms with Gasteiger partial charge in [-0.25, -0.2) is 3.97 Å². The molecule has 7 heteroatoms. The van der Waals surface area contributed by atoms with Crippen LogP contribution in [0.4, 0.5) is 5.69 Å². The standard InChI is InChI=1S/C12H12N2O2S3/c1-2-13-10-8-14(12-9(10)5-7-18-12)19(15,16)11-4-3-6-17-11/h3-8,13H,2H2,1H3. The largest absolute Gasteiger partial charge is 0.384 e. The molecule has 0 spiro atoms. The maximum atomic E-state index is 12.6. The topological polar surface area (TPSA) is 51.1 Å². The van der Waals surface area contributed by atoms with Crippen molar-refractivity contribution < 1.29 is 8.42 Å². The molecule has 0 saturated heterocycles. The molecule has 19 heavy (non-hydrogen) atoms. The molecule has 0 atom stereocenters. The molecule has 0 aliphatic rings. The second kappa shape index (κ2) is 4.66. The first kappa shape index (κ1) is 12.7. The third-order valence-electron chi connectivity index (χ3n) is 2.76. The molecule has 0 aliphatic heterocycles. The van der Waals surface area contributed by atoms with Crippen molar-refractivity contribution >= 4 is 48.6 Å². The van der Waals surface area contributed by atoms with E-state index in [2.05, 4.69) is 5.32 Å². The van der Waals surface area contributed by atoms with Crippen molar-refractivity contribution in [3.63, 3.8) is 0 Å². The van der Waals surface area contributed by atoms with E-state index in [4.69, 9.17) is 0 Å². The molecule has 0 bridgehead atoms. The zero-order valence-corrected chi connectivity index (χ0v) is 12.6. The number of fused-ring (bicyclic) bond motifs is 1. The minimum atomic E-state index is -3.48. The third kappa shape index (κ3) is 1.98. The van der Waals surface area contributed by atoms with Gasteiger partial charge in [0.15, 0.2) is 0 Å². The highest BCUT2D eigenvalue weighted by Gasteiger charge is 2.22. The first-order valence-electron chi connectivity index (χ1n) is 5.76. The van der Waals surface area contributed by atoms with Gasteiger partial charge in [0.1, 0.15) is 9.04 Å². The van der Waals surface area contributed by atoms with E-state index in [1.54, 1.807) is 23.7 Å². The van der Waals surface area contributed by atoms with Crippen molar-refractivity contribution in [2.75, 3.05) is 11.9 Å². The van der Waals surface area contributed by atoms with Gasteiger partial charge in [-0.1, -0.05) is 6.07 Å². The number of anilines is 1. The molecule has 0 radical (unpaired) electrons. The molecule has 0 fully saturated rings. The Balaban J connectivity index is 2.23. The molecule has 4 nitrogen and oxygen atoms in total. The van der Waals surface area contributed by atoms with Crippen LogP contribution in [-0.4, -0.2) is 18.9 Å². The third-order valence-corrected chi connectivity index (χ3v) is 6.82. The van der Waals surface area contributed by atoms with Crippen molar-refractivity contribution in [2.24, 2.45) is 0 Å². The van der Waals surface area contributed by atoms with Crippen LogP contribution in [0.3, 0.4) is 0 Å². The molecule has 0 aliphatic carbocycles. The van der Waals surface area contributed by atoms with Crippen LogP contribution in [0.25, 0.3) is 10.2 Å². The van der Waals surface area contributed by atoms with Gasteiger partial charge in [-0.3, -0.25) is 0 Å². The normalized spacial score (nSPS) is 12.1. The van der Waals surface area contributed by atoms with Gasteiger partial charge < -0.3 is 5.32 Å². The highest BCUT2D eigenvalue weighted by Crippen LogP contribution is 2.33. The number of rotatable bonds is 4. The fraction of sp³-hybridized carbons (Fsp3) is 0.167.